The van der Waals surface area contributed by atoms with Crippen LogP contribution in [0.25, 0.3) is 0 Å². The van der Waals surface area contributed by atoms with Crippen LogP contribution >= 0.6 is 11.3 Å². The molecule has 1 aromatic carbocycles. The van der Waals surface area contributed by atoms with E-state index < -0.39 is 0 Å². The molecular formula is C14H16FNS. The van der Waals surface area contributed by atoms with Crippen LogP contribution in [0, 0.1) is 12.7 Å². The van der Waals surface area contributed by atoms with Gasteiger partial charge in [-0.2, -0.15) is 0 Å². The van der Waals surface area contributed by atoms with Gasteiger partial charge in [-0.15, -0.1) is 11.3 Å². The van der Waals surface area contributed by atoms with Crippen LogP contribution in [0.1, 0.15) is 22.0 Å². The minimum atomic E-state index is -0.161. The topological polar surface area (TPSA) is 12.0 Å². The third-order valence-electron chi connectivity index (χ3n) is 2.80. The minimum Gasteiger partial charge on any atom is -0.313 e. The lowest BCUT2D eigenvalue weighted by Crippen LogP contribution is -2.18. The molecule has 1 atom stereocenters. The maximum atomic E-state index is 13.4. The zero-order valence-corrected chi connectivity index (χ0v) is 10.9. The number of aryl methyl sites for hydroxylation is 1. The first-order valence-electron chi connectivity index (χ1n) is 5.66. The number of halogens is 1. The Morgan fingerprint density at radius 2 is 2.18 bits per heavy atom. The van der Waals surface area contributed by atoms with Crippen LogP contribution in [0.3, 0.4) is 0 Å². The van der Waals surface area contributed by atoms with Gasteiger partial charge >= 0.3 is 0 Å². The Hall–Kier alpha value is -1.19. The van der Waals surface area contributed by atoms with E-state index in [2.05, 4.69) is 16.8 Å². The van der Waals surface area contributed by atoms with Crippen molar-refractivity contribution in [2.45, 2.75) is 19.4 Å². The van der Waals surface area contributed by atoms with Crippen molar-refractivity contribution in [3.63, 3.8) is 0 Å². The Bertz CT molecular complexity index is 459. The molecule has 0 spiro atoms. The second kappa shape index (κ2) is 5.43. The summed E-state index contributed by atoms with van der Waals surface area (Å²) in [5.41, 5.74) is 1.98. The van der Waals surface area contributed by atoms with Gasteiger partial charge in [0.1, 0.15) is 5.82 Å². The highest BCUT2D eigenvalue weighted by Crippen LogP contribution is 2.22. The first-order chi connectivity index (χ1) is 8.19. The minimum absolute atomic E-state index is 0.161. The van der Waals surface area contributed by atoms with Crippen LogP contribution in [0.4, 0.5) is 4.39 Å². The lowest BCUT2D eigenvalue weighted by molar-refractivity contribution is 0.579. The highest BCUT2D eigenvalue weighted by atomic mass is 32.1. The normalized spacial score (nSPS) is 12.6. The van der Waals surface area contributed by atoms with E-state index in [9.17, 15) is 4.39 Å². The van der Waals surface area contributed by atoms with E-state index in [0.717, 1.165) is 17.5 Å². The van der Waals surface area contributed by atoms with Gasteiger partial charge in [0, 0.05) is 17.3 Å². The molecule has 0 amide bonds. The standard InChI is InChI=1S/C14H16FNS/c1-10-6-11(8-12(15)7-10)14(16-2)9-13-4-3-5-17-13/h3-8,14,16H,9H2,1-2H3. The van der Waals surface area contributed by atoms with Crippen molar-refractivity contribution in [2.75, 3.05) is 7.05 Å². The summed E-state index contributed by atoms with van der Waals surface area (Å²) in [6.45, 7) is 1.92. The molecule has 0 saturated carbocycles. The smallest absolute Gasteiger partial charge is 0.123 e. The van der Waals surface area contributed by atoms with Crippen LogP contribution in [-0.2, 0) is 6.42 Å². The van der Waals surface area contributed by atoms with Gasteiger partial charge in [-0.3, -0.25) is 0 Å². The summed E-state index contributed by atoms with van der Waals surface area (Å²) >= 11 is 1.74. The molecule has 2 aromatic rings. The molecule has 0 saturated heterocycles. The molecule has 0 radical (unpaired) electrons. The first kappa shape index (κ1) is 12.3. The number of thiophene rings is 1. The molecule has 0 aliphatic heterocycles. The molecule has 90 valence electrons. The van der Waals surface area contributed by atoms with E-state index in [1.165, 1.54) is 4.88 Å². The van der Waals surface area contributed by atoms with Gasteiger partial charge < -0.3 is 5.32 Å². The molecule has 1 nitrogen and oxygen atoms in total. The summed E-state index contributed by atoms with van der Waals surface area (Å²) in [7, 11) is 1.92. The number of rotatable bonds is 4. The molecule has 3 heteroatoms. The first-order valence-corrected chi connectivity index (χ1v) is 6.54. The Morgan fingerprint density at radius 3 is 2.76 bits per heavy atom. The predicted molar refractivity (Wildman–Crippen MR) is 71.0 cm³/mol. The molecule has 0 fully saturated rings. The summed E-state index contributed by atoms with van der Waals surface area (Å²) in [4.78, 5) is 1.31. The maximum absolute atomic E-state index is 13.4. The average molecular weight is 249 g/mol. The number of nitrogens with one attached hydrogen (secondary N) is 1. The van der Waals surface area contributed by atoms with E-state index in [-0.39, 0.29) is 11.9 Å². The predicted octanol–water partition coefficient (Wildman–Crippen LogP) is 3.70. The largest absolute Gasteiger partial charge is 0.313 e. The Labute approximate surface area is 105 Å². The van der Waals surface area contributed by atoms with E-state index in [1.54, 1.807) is 23.5 Å². The molecule has 1 N–H and O–H groups in total. The molecule has 0 aliphatic rings. The number of hydrogen-bond acceptors (Lipinski definition) is 2. The molecule has 2 rings (SSSR count). The highest BCUT2D eigenvalue weighted by molar-refractivity contribution is 7.09. The van der Waals surface area contributed by atoms with E-state index in [4.69, 9.17) is 0 Å². The van der Waals surface area contributed by atoms with Crippen LogP contribution in [0.5, 0.6) is 0 Å². The Kier molecular flexibility index (Phi) is 3.92. The number of benzene rings is 1. The molecule has 17 heavy (non-hydrogen) atoms. The van der Waals surface area contributed by atoms with Crippen LogP contribution in [0.15, 0.2) is 35.7 Å². The van der Waals surface area contributed by atoms with Crippen LogP contribution < -0.4 is 5.32 Å². The summed E-state index contributed by atoms with van der Waals surface area (Å²) in [6.07, 6.45) is 0.900. The lowest BCUT2D eigenvalue weighted by Gasteiger charge is -2.16. The van der Waals surface area contributed by atoms with Crippen molar-refractivity contribution >= 4 is 11.3 Å². The number of hydrogen-bond donors (Lipinski definition) is 1. The van der Waals surface area contributed by atoms with Gasteiger partial charge in [-0.05, 0) is 48.7 Å². The third-order valence-corrected chi connectivity index (χ3v) is 3.70. The van der Waals surface area contributed by atoms with Gasteiger partial charge in [0.15, 0.2) is 0 Å². The van der Waals surface area contributed by atoms with Crippen LogP contribution in [0.2, 0.25) is 0 Å². The van der Waals surface area contributed by atoms with Crippen LogP contribution in [-0.4, -0.2) is 7.05 Å². The SMILES string of the molecule is CNC(Cc1cccs1)c1cc(C)cc(F)c1. The fourth-order valence-electron chi connectivity index (χ4n) is 1.98. The van der Waals surface area contributed by atoms with Crippen molar-refractivity contribution in [3.8, 4) is 0 Å². The van der Waals surface area contributed by atoms with Gasteiger partial charge in [-0.25, -0.2) is 4.39 Å². The highest BCUT2D eigenvalue weighted by Gasteiger charge is 2.12. The van der Waals surface area contributed by atoms with Crippen molar-refractivity contribution in [1.29, 1.82) is 0 Å². The molecule has 1 heterocycles. The van der Waals surface area contributed by atoms with Crippen molar-refractivity contribution < 1.29 is 4.39 Å². The molecule has 1 aromatic heterocycles. The fraction of sp³-hybridized carbons (Fsp3) is 0.286. The van der Waals surface area contributed by atoms with Gasteiger partial charge in [0.25, 0.3) is 0 Å². The summed E-state index contributed by atoms with van der Waals surface area (Å²) in [6, 6.07) is 9.54. The second-order valence-electron chi connectivity index (χ2n) is 4.19. The van der Waals surface area contributed by atoms with Crippen molar-refractivity contribution in [1.82, 2.24) is 5.32 Å². The number of likely N-dealkylation sites (N-methyl/N-ethyl adjacent to an activating group) is 1. The zero-order valence-electron chi connectivity index (χ0n) is 10.0. The van der Waals surface area contributed by atoms with Gasteiger partial charge in [-0.1, -0.05) is 12.1 Å². The Balaban J connectivity index is 2.22. The molecular weight excluding hydrogens is 233 g/mol. The fourth-order valence-corrected chi connectivity index (χ4v) is 2.73. The van der Waals surface area contributed by atoms with Crippen molar-refractivity contribution in [2.24, 2.45) is 0 Å². The zero-order chi connectivity index (χ0) is 12.3. The van der Waals surface area contributed by atoms with Gasteiger partial charge in [0.05, 0.1) is 0 Å². The van der Waals surface area contributed by atoms with E-state index >= 15 is 0 Å². The molecule has 1 unspecified atom stereocenters. The molecule has 0 bridgehead atoms. The molecule has 0 aliphatic carbocycles. The third kappa shape index (κ3) is 3.14. The van der Waals surface area contributed by atoms with E-state index in [0.29, 0.717) is 0 Å². The monoisotopic (exact) mass is 249 g/mol. The van der Waals surface area contributed by atoms with Gasteiger partial charge in [0.2, 0.25) is 0 Å². The summed E-state index contributed by atoms with van der Waals surface area (Å²) in [5, 5.41) is 5.32. The summed E-state index contributed by atoms with van der Waals surface area (Å²) < 4.78 is 13.4. The second-order valence-corrected chi connectivity index (χ2v) is 5.22. The maximum Gasteiger partial charge on any atom is 0.123 e. The van der Waals surface area contributed by atoms with E-state index in [1.807, 2.05) is 26.1 Å². The van der Waals surface area contributed by atoms with Crippen molar-refractivity contribution in [3.05, 3.63) is 57.5 Å². The average Bonchev–Trinajstić information content (AvgIpc) is 2.77. The quantitative estimate of drug-likeness (QED) is 0.871. The lowest BCUT2D eigenvalue weighted by atomic mass is 10.0. The Morgan fingerprint density at radius 1 is 1.35 bits per heavy atom. The summed E-state index contributed by atoms with van der Waals surface area (Å²) in [5.74, 6) is -0.161.